The van der Waals surface area contributed by atoms with E-state index in [4.69, 9.17) is 10.9 Å². The van der Waals surface area contributed by atoms with Crippen LogP contribution in [0.4, 0.5) is 0 Å². The summed E-state index contributed by atoms with van der Waals surface area (Å²) in [5.41, 5.74) is 5.15. The van der Waals surface area contributed by atoms with Crippen LogP contribution < -0.4 is 11.1 Å². The molecule has 0 aromatic heterocycles. The maximum atomic E-state index is 10.9. The molecular formula is C6H14N4O2. The number of oxime groups is 1. The van der Waals surface area contributed by atoms with Gasteiger partial charge in [0.05, 0.1) is 13.1 Å². The van der Waals surface area contributed by atoms with Gasteiger partial charge in [-0.15, -0.1) is 0 Å². The SMILES string of the molecule is CN(C)C(=O)CNCC(N)=NO. The molecule has 12 heavy (non-hydrogen) atoms. The van der Waals surface area contributed by atoms with E-state index in [-0.39, 0.29) is 24.8 Å². The summed E-state index contributed by atoms with van der Waals surface area (Å²) in [5, 5.41) is 13.6. The molecule has 0 saturated heterocycles. The molecule has 0 aromatic carbocycles. The molecule has 4 N–H and O–H groups in total. The lowest BCUT2D eigenvalue weighted by atomic mass is 10.5. The van der Waals surface area contributed by atoms with Gasteiger partial charge in [-0.25, -0.2) is 0 Å². The van der Waals surface area contributed by atoms with Crippen molar-refractivity contribution in [2.24, 2.45) is 10.9 Å². The van der Waals surface area contributed by atoms with Gasteiger partial charge in [0.1, 0.15) is 0 Å². The van der Waals surface area contributed by atoms with Gasteiger partial charge in [-0.1, -0.05) is 5.16 Å². The Morgan fingerprint density at radius 2 is 2.17 bits per heavy atom. The molecule has 0 spiro atoms. The van der Waals surface area contributed by atoms with Crippen LogP contribution in [0.5, 0.6) is 0 Å². The highest BCUT2D eigenvalue weighted by molar-refractivity contribution is 5.83. The number of nitrogens with one attached hydrogen (secondary N) is 1. The first-order chi connectivity index (χ1) is 5.57. The minimum atomic E-state index is -0.0549. The molecule has 0 saturated carbocycles. The van der Waals surface area contributed by atoms with Crippen molar-refractivity contribution in [3.63, 3.8) is 0 Å². The molecule has 0 heterocycles. The van der Waals surface area contributed by atoms with Gasteiger partial charge >= 0.3 is 0 Å². The van der Waals surface area contributed by atoms with Gasteiger partial charge in [-0.05, 0) is 0 Å². The molecule has 0 fully saturated rings. The Hall–Kier alpha value is -1.30. The van der Waals surface area contributed by atoms with Crippen molar-refractivity contribution in [1.82, 2.24) is 10.2 Å². The molecule has 0 bridgehead atoms. The fraction of sp³-hybridized carbons (Fsp3) is 0.667. The van der Waals surface area contributed by atoms with Crippen molar-refractivity contribution < 1.29 is 10.0 Å². The van der Waals surface area contributed by atoms with Crippen molar-refractivity contribution in [2.75, 3.05) is 27.2 Å². The fourth-order valence-corrected chi connectivity index (χ4v) is 0.491. The number of rotatable bonds is 4. The highest BCUT2D eigenvalue weighted by Gasteiger charge is 2.02. The average molecular weight is 174 g/mol. The van der Waals surface area contributed by atoms with Crippen LogP contribution >= 0.6 is 0 Å². The summed E-state index contributed by atoms with van der Waals surface area (Å²) in [6.45, 7) is 0.388. The minimum absolute atomic E-state index is 0.0549. The number of carbonyl (C=O) groups excluding carboxylic acids is 1. The van der Waals surface area contributed by atoms with Crippen molar-refractivity contribution >= 4 is 11.7 Å². The third-order valence-corrected chi connectivity index (χ3v) is 1.21. The summed E-state index contributed by atoms with van der Waals surface area (Å²) >= 11 is 0. The Bertz CT molecular complexity index is 178. The lowest BCUT2D eigenvalue weighted by molar-refractivity contribution is -0.127. The maximum absolute atomic E-state index is 10.9. The fourth-order valence-electron chi connectivity index (χ4n) is 0.491. The molecule has 0 aliphatic heterocycles. The quantitative estimate of drug-likeness (QED) is 0.207. The summed E-state index contributed by atoms with van der Waals surface area (Å²) in [4.78, 5) is 12.4. The van der Waals surface area contributed by atoms with Crippen LogP contribution in [0.25, 0.3) is 0 Å². The molecule has 6 heteroatoms. The third kappa shape index (κ3) is 4.51. The van der Waals surface area contributed by atoms with E-state index < -0.39 is 0 Å². The number of hydrogen-bond acceptors (Lipinski definition) is 4. The van der Waals surface area contributed by atoms with Crippen LogP contribution in [0.15, 0.2) is 5.16 Å². The molecule has 6 nitrogen and oxygen atoms in total. The van der Waals surface area contributed by atoms with E-state index >= 15 is 0 Å². The first kappa shape index (κ1) is 10.7. The van der Waals surface area contributed by atoms with E-state index in [2.05, 4.69) is 10.5 Å². The Labute approximate surface area is 71.0 Å². The molecule has 0 aliphatic carbocycles. The topological polar surface area (TPSA) is 91.0 Å². The number of amides is 1. The van der Waals surface area contributed by atoms with Gasteiger partial charge in [-0.2, -0.15) is 0 Å². The normalized spacial score (nSPS) is 11.3. The largest absolute Gasteiger partial charge is 0.409 e. The zero-order chi connectivity index (χ0) is 9.56. The van der Waals surface area contributed by atoms with Crippen LogP contribution in [0.3, 0.4) is 0 Å². The lowest BCUT2D eigenvalue weighted by Crippen LogP contribution is -2.37. The number of nitrogens with two attached hydrogens (primary N) is 1. The summed E-state index contributed by atoms with van der Waals surface area (Å²) in [6, 6.07) is 0. The number of amidine groups is 1. The third-order valence-electron chi connectivity index (χ3n) is 1.21. The van der Waals surface area contributed by atoms with E-state index in [1.165, 1.54) is 4.90 Å². The second-order valence-electron chi connectivity index (χ2n) is 2.48. The Balaban J connectivity index is 3.51. The first-order valence-electron chi connectivity index (χ1n) is 3.45. The number of hydrogen-bond donors (Lipinski definition) is 3. The number of likely N-dealkylation sites (N-methyl/N-ethyl adjacent to an activating group) is 1. The predicted octanol–water partition coefficient (Wildman–Crippen LogP) is -1.59. The predicted molar refractivity (Wildman–Crippen MR) is 45.0 cm³/mol. The molecule has 0 unspecified atom stereocenters. The van der Waals surface area contributed by atoms with Crippen LogP contribution in [-0.2, 0) is 4.79 Å². The molecular weight excluding hydrogens is 160 g/mol. The second-order valence-corrected chi connectivity index (χ2v) is 2.48. The van der Waals surface area contributed by atoms with Gasteiger partial charge in [0.2, 0.25) is 5.91 Å². The summed E-state index contributed by atoms with van der Waals surface area (Å²) in [6.07, 6.45) is 0. The van der Waals surface area contributed by atoms with Crippen molar-refractivity contribution in [3.8, 4) is 0 Å². The van der Waals surface area contributed by atoms with Gasteiger partial charge < -0.3 is 21.2 Å². The monoisotopic (exact) mass is 174 g/mol. The zero-order valence-corrected chi connectivity index (χ0v) is 7.24. The summed E-state index contributed by atoms with van der Waals surface area (Å²) in [7, 11) is 3.32. The first-order valence-corrected chi connectivity index (χ1v) is 3.45. The molecule has 0 atom stereocenters. The second kappa shape index (κ2) is 5.36. The van der Waals surface area contributed by atoms with Crippen LogP contribution in [0, 0.1) is 0 Å². The molecule has 1 amide bonds. The summed E-state index contributed by atoms with van der Waals surface area (Å²) < 4.78 is 0. The molecule has 0 aliphatic rings. The van der Waals surface area contributed by atoms with Crippen LogP contribution in [-0.4, -0.2) is 49.0 Å². The van der Waals surface area contributed by atoms with Crippen molar-refractivity contribution in [3.05, 3.63) is 0 Å². The van der Waals surface area contributed by atoms with E-state index in [1.807, 2.05) is 0 Å². The Kier molecular flexibility index (Phi) is 4.78. The minimum Gasteiger partial charge on any atom is -0.409 e. The standard InChI is InChI=1S/C6H14N4O2/c1-10(2)6(11)4-8-3-5(7)9-12/h8,12H,3-4H2,1-2H3,(H2,7,9). The van der Waals surface area contributed by atoms with E-state index in [0.717, 1.165) is 0 Å². The van der Waals surface area contributed by atoms with E-state index in [1.54, 1.807) is 14.1 Å². The van der Waals surface area contributed by atoms with Crippen molar-refractivity contribution in [1.29, 1.82) is 0 Å². The highest BCUT2D eigenvalue weighted by atomic mass is 16.4. The van der Waals surface area contributed by atoms with Gasteiger partial charge in [0, 0.05) is 14.1 Å². The van der Waals surface area contributed by atoms with Gasteiger partial charge in [0.15, 0.2) is 5.84 Å². The Morgan fingerprint density at radius 3 is 2.58 bits per heavy atom. The van der Waals surface area contributed by atoms with E-state index in [9.17, 15) is 4.79 Å². The number of carbonyl (C=O) groups is 1. The van der Waals surface area contributed by atoms with Crippen LogP contribution in [0.2, 0.25) is 0 Å². The Morgan fingerprint density at radius 1 is 1.58 bits per heavy atom. The smallest absolute Gasteiger partial charge is 0.236 e. The molecule has 0 rings (SSSR count). The maximum Gasteiger partial charge on any atom is 0.236 e. The molecule has 0 radical (unpaired) electrons. The lowest BCUT2D eigenvalue weighted by Gasteiger charge is -2.09. The zero-order valence-electron chi connectivity index (χ0n) is 7.24. The van der Waals surface area contributed by atoms with Crippen LogP contribution in [0.1, 0.15) is 0 Å². The highest BCUT2D eigenvalue weighted by Crippen LogP contribution is 1.74. The molecule has 70 valence electrons. The van der Waals surface area contributed by atoms with Gasteiger partial charge in [-0.3, -0.25) is 4.79 Å². The van der Waals surface area contributed by atoms with Gasteiger partial charge in [0.25, 0.3) is 0 Å². The average Bonchev–Trinajstić information content (AvgIpc) is 2.03. The summed E-state index contributed by atoms with van der Waals surface area (Å²) in [5.74, 6) is 0.00213. The van der Waals surface area contributed by atoms with E-state index in [0.29, 0.717) is 0 Å². The molecule has 0 aromatic rings. The van der Waals surface area contributed by atoms with Crippen molar-refractivity contribution in [2.45, 2.75) is 0 Å². The number of nitrogens with zero attached hydrogens (tertiary/aromatic N) is 2.